The molecule has 0 radical (unpaired) electrons. The van der Waals surface area contributed by atoms with Gasteiger partial charge in [0, 0.05) is 33.2 Å². The van der Waals surface area contributed by atoms with Gasteiger partial charge in [0.25, 0.3) is 5.91 Å². The molecule has 1 aromatic heterocycles. The molecule has 8 heteroatoms. The lowest BCUT2D eigenvalue weighted by Gasteiger charge is -2.23. The number of rotatable bonds is 5. The van der Waals surface area contributed by atoms with Gasteiger partial charge < -0.3 is 18.9 Å². The van der Waals surface area contributed by atoms with Gasteiger partial charge in [0.2, 0.25) is 0 Å². The van der Waals surface area contributed by atoms with Crippen LogP contribution in [0.1, 0.15) is 18.3 Å². The van der Waals surface area contributed by atoms with Crippen molar-refractivity contribution in [3.05, 3.63) is 42.2 Å². The van der Waals surface area contributed by atoms with Crippen LogP contribution in [0, 0.1) is 5.82 Å². The van der Waals surface area contributed by atoms with E-state index in [1.165, 1.54) is 18.2 Å². The lowest BCUT2D eigenvalue weighted by Crippen LogP contribution is -2.36. The molecule has 128 valence electrons. The van der Waals surface area contributed by atoms with Gasteiger partial charge in [0.1, 0.15) is 17.9 Å². The molecule has 2 atom stereocenters. The molecule has 2 aromatic rings. The average Bonchev–Trinajstić information content (AvgIpc) is 3.18. The van der Waals surface area contributed by atoms with Crippen molar-refractivity contribution in [2.24, 2.45) is 7.05 Å². The quantitative estimate of drug-likeness (QED) is 0.825. The normalized spacial score (nSPS) is 20.4. The number of halogens is 1. The van der Waals surface area contributed by atoms with Gasteiger partial charge >= 0.3 is 0 Å². The van der Waals surface area contributed by atoms with E-state index in [1.807, 2.05) is 7.05 Å². The molecule has 1 amide bonds. The first kappa shape index (κ1) is 16.4. The molecule has 0 aliphatic carbocycles. The summed E-state index contributed by atoms with van der Waals surface area (Å²) in [6.45, 7) is 0.285. The lowest BCUT2D eigenvalue weighted by molar-refractivity contribution is -0.134. The van der Waals surface area contributed by atoms with Crippen molar-refractivity contribution in [1.82, 2.24) is 19.7 Å². The molecule has 24 heavy (non-hydrogen) atoms. The number of benzene rings is 1. The van der Waals surface area contributed by atoms with E-state index in [1.54, 1.807) is 29.0 Å². The van der Waals surface area contributed by atoms with E-state index in [9.17, 15) is 9.18 Å². The molecule has 1 fully saturated rings. The highest BCUT2D eigenvalue weighted by atomic mass is 19.1. The van der Waals surface area contributed by atoms with Crippen molar-refractivity contribution < 1.29 is 18.7 Å². The van der Waals surface area contributed by atoms with Gasteiger partial charge in [-0.1, -0.05) is 6.07 Å². The summed E-state index contributed by atoms with van der Waals surface area (Å²) in [5.74, 6) is 0.416. The Morgan fingerprint density at radius 1 is 1.46 bits per heavy atom. The number of likely N-dealkylation sites (tertiary alicyclic amines) is 1. The predicted molar refractivity (Wildman–Crippen MR) is 82.8 cm³/mol. The molecule has 0 bridgehead atoms. The molecule has 1 saturated heterocycles. The topological polar surface area (TPSA) is 69.5 Å². The van der Waals surface area contributed by atoms with Gasteiger partial charge in [-0.15, -0.1) is 10.2 Å². The number of nitrogens with zero attached hydrogens (tertiary/aromatic N) is 4. The van der Waals surface area contributed by atoms with Crippen LogP contribution in [0.15, 0.2) is 30.6 Å². The van der Waals surface area contributed by atoms with Crippen molar-refractivity contribution >= 4 is 5.91 Å². The van der Waals surface area contributed by atoms with Gasteiger partial charge in [0.15, 0.2) is 12.4 Å². The smallest absolute Gasteiger partial charge is 0.261 e. The highest BCUT2D eigenvalue weighted by Crippen LogP contribution is 2.32. The second kappa shape index (κ2) is 6.96. The molecule has 0 N–H and O–H groups in total. The molecule has 0 spiro atoms. The van der Waals surface area contributed by atoms with E-state index in [2.05, 4.69) is 10.2 Å². The maximum Gasteiger partial charge on any atom is 0.261 e. The number of hydrogen-bond donors (Lipinski definition) is 0. The summed E-state index contributed by atoms with van der Waals surface area (Å²) in [6, 6.07) is 5.50. The van der Waals surface area contributed by atoms with Crippen LogP contribution in [-0.4, -0.2) is 51.9 Å². The fourth-order valence-corrected chi connectivity index (χ4v) is 2.87. The van der Waals surface area contributed by atoms with E-state index in [0.717, 1.165) is 0 Å². The zero-order valence-corrected chi connectivity index (χ0v) is 13.6. The van der Waals surface area contributed by atoms with Crippen LogP contribution < -0.4 is 4.74 Å². The number of ether oxygens (including phenoxy) is 2. The zero-order valence-electron chi connectivity index (χ0n) is 13.6. The summed E-state index contributed by atoms with van der Waals surface area (Å²) in [5.41, 5.74) is 0. The Morgan fingerprint density at radius 3 is 2.96 bits per heavy atom. The molecule has 2 heterocycles. The number of aryl methyl sites for hydroxylation is 1. The summed E-state index contributed by atoms with van der Waals surface area (Å²) in [5, 5.41) is 7.98. The van der Waals surface area contributed by atoms with Crippen molar-refractivity contribution in [2.75, 3.05) is 20.3 Å². The minimum atomic E-state index is -0.405. The Kier molecular flexibility index (Phi) is 4.75. The second-order valence-corrected chi connectivity index (χ2v) is 5.70. The Bertz CT molecular complexity index is 721. The predicted octanol–water partition coefficient (Wildman–Crippen LogP) is 1.32. The SMILES string of the molecule is CO[C@@H]1C[C@@H](c2nncn2C)N(C(=O)COc2cccc(F)c2)C1. The Balaban J connectivity index is 1.70. The Labute approximate surface area is 139 Å². The first-order valence-corrected chi connectivity index (χ1v) is 7.63. The van der Waals surface area contributed by atoms with E-state index in [-0.39, 0.29) is 24.7 Å². The maximum atomic E-state index is 13.2. The van der Waals surface area contributed by atoms with E-state index in [0.29, 0.717) is 24.5 Å². The molecular weight excluding hydrogens is 315 g/mol. The van der Waals surface area contributed by atoms with Gasteiger partial charge in [-0.3, -0.25) is 4.79 Å². The van der Waals surface area contributed by atoms with Gasteiger partial charge in [0.05, 0.1) is 12.1 Å². The van der Waals surface area contributed by atoms with Gasteiger partial charge in [-0.05, 0) is 12.1 Å². The third-order valence-corrected chi connectivity index (χ3v) is 4.12. The molecule has 3 rings (SSSR count). The molecular formula is C16H19FN4O3. The number of amides is 1. The van der Waals surface area contributed by atoms with Crippen molar-refractivity contribution in [1.29, 1.82) is 0 Å². The second-order valence-electron chi connectivity index (χ2n) is 5.70. The van der Waals surface area contributed by atoms with Crippen molar-refractivity contribution in [3.8, 4) is 5.75 Å². The summed E-state index contributed by atoms with van der Waals surface area (Å²) in [6.07, 6.45) is 2.18. The van der Waals surface area contributed by atoms with Gasteiger partial charge in [-0.25, -0.2) is 4.39 Å². The van der Waals surface area contributed by atoms with Crippen LogP contribution in [0.2, 0.25) is 0 Å². The van der Waals surface area contributed by atoms with Crippen LogP contribution in [0.25, 0.3) is 0 Å². The highest BCUT2D eigenvalue weighted by molar-refractivity contribution is 5.78. The number of carbonyl (C=O) groups excluding carboxylic acids is 1. The standard InChI is InChI=1S/C16H19FN4O3/c1-20-10-18-19-16(20)14-7-13(23-2)8-21(14)15(22)9-24-12-5-3-4-11(17)6-12/h3-6,10,13-14H,7-9H2,1-2H3/t13-,14+/m1/s1. The molecule has 0 unspecified atom stereocenters. The summed E-state index contributed by atoms with van der Waals surface area (Å²) >= 11 is 0. The highest BCUT2D eigenvalue weighted by Gasteiger charge is 2.38. The fourth-order valence-electron chi connectivity index (χ4n) is 2.87. The molecule has 7 nitrogen and oxygen atoms in total. The van der Waals surface area contributed by atoms with Crippen LogP contribution >= 0.6 is 0 Å². The molecule has 1 aromatic carbocycles. The van der Waals surface area contributed by atoms with E-state index in [4.69, 9.17) is 9.47 Å². The number of methoxy groups -OCH3 is 1. The third-order valence-electron chi connectivity index (χ3n) is 4.12. The summed E-state index contributed by atoms with van der Waals surface area (Å²) in [4.78, 5) is 14.3. The summed E-state index contributed by atoms with van der Waals surface area (Å²) in [7, 11) is 3.46. The fraction of sp³-hybridized carbons (Fsp3) is 0.438. The number of aromatic nitrogens is 3. The first-order chi connectivity index (χ1) is 11.6. The largest absolute Gasteiger partial charge is 0.484 e. The third kappa shape index (κ3) is 3.38. The summed E-state index contributed by atoms with van der Waals surface area (Å²) < 4.78 is 25.8. The zero-order chi connectivity index (χ0) is 17.1. The lowest BCUT2D eigenvalue weighted by atomic mass is 10.2. The molecule has 1 aliphatic rings. The Morgan fingerprint density at radius 2 is 2.29 bits per heavy atom. The van der Waals surface area contributed by atoms with Crippen molar-refractivity contribution in [3.63, 3.8) is 0 Å². The monoisotopic (exact) mass is 334 g/mol. The number of hydrogen-bond acceptors (Lipinski definition) is 5. The minimum absolute atomic E-state index is 0.0650. The van der Waals surface area contributed by atoms with Crippen LogP contribution in [0.3, 0.4) is 0 Å². The van der Waals surface area contributed by atoms with E-state index >= 15 is 0 Å². The van der Waals surface area contributed by atoms with Crippen LogP contribution in [-0.2, 0) is 16.6 Å². The van der Waals surface area contributed by atoms with Crippen molar-refractivity contribution in [2.45, 2.75) is 18.6 Å². The van der Waals surface area contributed by atoms with Crippen LogP contribution in [0.5, 0.6) is 5.75 Å². The first-order valence-electron chi connectivity index (χ1n) is 7.63. The molecule has 1 aliphatic heterocycles. The minimum Gasteiger partial charge on any atom is -0.484 e. The average molecular weight is 334 g/mol. The van der Waals surface area contributed by atoms with E-state index < -0.39 is 5.82 Å². The molecule has 0 saturated carbocycles. The Hall–Kier alpha value is -2.48. The van der Waals surface area contributed by atoms with Crippen LogP contribution in [0.4, 0.5) is 4.39 Å². The number of carbonyl (C=O) groups is 1. The maximum absolute atomic E-state index is 13.2. The van der Waals surface area contributed by atoms with Gasteiger partial charge in [-0.2, -0.15) is 0 Å².